The van der Waals surface area contributed by atoms with Crippen molar-refractivity contribution in [2.24, 2.45) is 5.10 Å². The highest BCUT2D eigenvalue weighted by Gasteiger charge is 2.11. The Kier molecular flexibility index (Phi) is 6.40. The molecule has 1 aromatic heterocycles. The van der Waals surface area contributed by atoms with Crippen LogP contribution in [-0.2, 0) is 11.3 Å². The quantitative estimate of drug-likeness (QED) is 0.606. The van der Waals surface area contributed by atoms with Crippen molar-refractivity contribution in [3.8, 4) is 0 Å². The van der Waals surface area contributed by atoms with Gasteiger partial charge in [-0.25, -0.2) is 5.43 Å². The van der Waals surface area contributed by atoms with Crippen LogP contribution in [0.4, 0.5) is 0 Å². The molecule has 0 aliphatic carbocycles. The summed E-state index contributed by atoms with van der Waals surface area (Å²) in [7, 11) is 0. The molecule has 24 heavy (non-hydrogen) atoms. The number of benzene rings is 1. The minimum atomic E-state index is -0.480. The zero-order valence-corrected chi connectivity index (χ0v) is 14.3. The summed E-state index contributed by atoms with van der Waals surface area (Å²) >= 11 is 11.7. The van der Waals surface area contributed by atoms with Gasteiger partial charge in [-0.05, 0) is 37.3 Å². The van der Waals surface area contributed by atoms with Gasteiger partial charge in [-0.1, -0.05) is 23.2 Å². The van der Waals surface area contributed by atoms with E-state index in [9.17, 15) is 9.59 Å². The summed E-state index contributed by atoms with van der Waals surface area (Å²) in [5, 5.41) is 7.24. The molecule has 0 aliphatic rings. The summed E-state index contributed by atoms with van der Waals surface area (Å²) in [6.45, 7) is 1.93. The highest BCUT2D eigenvalue weighted by Crippen LogP contribution is 2.20. The molecule has 0 aliphatic heterocycles. The second-order valence-electron chi connectivity index (χ2n) is 4.95. The van der Waals surface area contributed by atoms with Crippen molar-refractivity contribution in [2.45, 2.75) is 19.9 Å². The number of amides is 2. The molecule has 0 saturated heterocycles. The average Bonchev–Trinajstić information content (AvgIpc) is 3.04. The minimum absolute atomic E-state index is 0.0509. The highest BCUT2D eigenvalue weighted by molar-refractivity contribution is 6.36. The summed E-state index contributed by atoms with van der Waals surface area (Å²) in [6.07, 6.45) is 1.58. The summed E-state index contributed by atoms with van der Waals surface area (Å²) in [6, 6.07) is 8.03. The lowest BCUT2D eigenvalue weighted by molar-refractivity contribution is -0.120. The van der Waals surface area contributed by atoms with Gasteiger partial charge in [-0.3, -0.25) is 9.59 Å². The van der Waals surface area contributed by atoms with Crippen LogP contribution in [0.2, 0.25) is 10.0 Å². The van der Waals surface area contributed by atoms with Crippen molar-refractivity contribution >= 4 is 40.7 Å². The fraction of sp³-hybridized carbons (Fsp3) is 0.188. The largest absolute Gasteiger partial charge is 0.467 e. The van der Waals surface area contributed by atoms with E-state index in [4.69, 9.17) is 27.6 Å². The third-order valence-corrected chi connectivity index (χ3v) is 3.53. The van der Waals surface area contributed by atoms with E-state index in [1.54, 1.807) is 25.1 Å². The number of carbonyl (C=O) groups excluding carboxylic acids is 2. The molecule has 0 atom stereocenters. The van der Waals surface area contributed by atoms with E-state index in [0.29, 0.717) is 23.0 Å². The first-order chi connectivity index (χ1) is 11.5. The Morgan fingerprint density at radius 2 is 2.04 bits per heavy atom. The van der Waals surface area contributed by atoms with Gasteiger partial charge in [0.25, 0.3) is 5.91 Å². The molecule has 0 fully saturated rings. The van der Waals surface area contributed by atoms with Gasteiger partial charge in [0.05, 0.1) is 29.8 Å². The Hall–Kier alpha value is -2.31. The molecule has 0 saturated carbocycles. The number of hydrazone groups is 1. The molecule has 126 valence electrons. The van der Waals surface area contributed by atoms with E-state index in [1.165, 1.54) is 18.4 Å². The molecular formula is C16H15Cl2N3O3. The molecule has 0 bridgehead atoms. The summed E-state index contributed by atoms with van der Waals surface area (Å²) in [5.74, 6) is -0.0536. The predicted molar refractivity (Wildman–Crippen MR) is 92.2 cm³/mol. The number of halogens is 2. The molecule has 0 radical (unpaired) electrons. The molecule has 8 heteroatoms. The lowest BCUT2D eigenvalue weighted by Crippen LogP contribution is -2.26. The van der Waals surface area contributed by atoms with Crippen molar-refractivity contribution in [1.29, 1.82) is 0 Å². The Balaban J connectivity index is 1.84. The van der Waals surface area contributed by atoms with Gasteiger partial charge in [0.15, 0.2) is 0 Å². The molecule has 2 rings (SSSR count). The zero-order chi connectivity index (χ0) is 17.5. The van der Waals surface area contributed by atoms with Gasteiger partial charge in [0.1, 0.15) is 5.76 Å². The van der Waals surface area contributed by atoms with Gasteiger partial charge in [0.2, 0.25) is 5.91 Å². The Labute approximate surface area is 148 Å². The summed E-state index contributed by atoms with van der Waals surface area (Å²) in [4.78, 5) is 23.8. The first-order valence-electron chi connectivity index (χ1n) is 7.03. The standard InChI is InChI=1S/C16H15Cl2N3O3/c1-10(7-15(22)19-9-12-3-2-6-24-12)20-21-16(23)13-5-4-11(17)8-14(13)18/h2-6,8H,7,9H2,1H3,(H,19,22)(H,21,23)/b20-10-. The van der Waals surface area contributed by atoms with Crippen LogP contribution >= 0.6 is 23.2 Å². The van der Waals surface area contributed by atoms with Crippen LogP contribution in [0.5, 0.6) is 0 Å². The van der Waals surface area contributed by atoms with Crippen molar-refractivity contribution in [3.63, 3.8) is 0 Å². The number of rotatable bonds is 6. The molecule has 2 amide bonds. The third kappa shape index (κ3) is 5.40. The van der Waals surface area contributed by atoms with Crippen molar-refractivity contribution in [1.82, 2.24) is 10.7 Å². The predicted octanol–water partition coefficient (Wildman–Crippen LogP) is 3.40. The topological polar surface area (TPSA) is 83.7 Å². The van der Waals surface area contributed by atoms with Crippen molar-refractivity contribution < 1.29 is 14.0 Å². The molecule has 6 nitrogen and oxygen atoms in total. The van der Waals surface area contributed by atoms with E-state index in [2.05, 4.69) is 15.8 Å². The molecular weight excluding hydrogens is 353 g/mol. The van der Waals surface area contributed by atoms with E-state index in [-0.39, 0.29) is 22.9 Å². The smallest absolute Gasteiger partial charge is 0.272 e. The zero-order valence-electron chi connectivity index (χ0n) is 12.8. The number of furan rings is 1. The SMILES string of the molecule is C/C(CC(=O)NCc1ccco1)=N/NC(=O)c1ccc(Cl)cc1Cl. The normalized spacial score (nSPS) is 11.2. The summed E-state index contributed by atoms with van der Waals surface area (Å²) < 4.78 is 5.11. The van der Waals surface area contributed by atoms with Gasteiger partial charge in [-0.2, -0.15) is 5.10 Å². The number of hydrogen-bond donors (Lipinski definition) is 2. The average molecular weight is 368 g/mol. The molecule has 1 aromatic carbocycles. The Morgan fingerprint density at radius 3 is 2.71 bits per heavy atom. The van der Waals surface area contributed by atoms with Crippen molar-refractivity contribution in [2.75, 3.05) is 0 Å². The lowest BCUT2D eigenvalue weighted by atomic mass is 10.2. The second-order valence-corrected chi connectivity index (χ2v) is 5.79. The Morgan fingerprint density at radius 1 is 1.25 bits per heavy atom. The van der Waals surface area contributed by atoms with Crippen LogP contribution in [0, 0.1) is 0 Å². The second kappa shape index (κ2) is 8.52. The van der Waals surface area contributed by atoms with Gasteiger partial charge < -0.3 is 9.73 Å². The Bertz CT molecular complexity index is 758. The molecule has 0 spiro atoms. The van der Waals surface area contributed by atoms with Crippen LogP contribution in [0.15, 0.2) is 46.1 Å². The number of carbonyl (C=O) groups is 2. The van der Waals surface area contributed by atoms with Crippen LogP contribution in [0.1, 0.15) is 29.5 Å². The fourth-order valence-corrected chi connectivity index (χ4v) is 2.31. The first-order valence-corrected chi connectivity index (χ1v) is 7.79. The maximum Gasteiger partial charge on any atom is 0.272 e. The monoisotopic (exact) mass is 367 g/mol. The molecule has 2 N–H and O–H groups in total. The number of nitrogens with zero attached hydrogens (tertiary/aromatic N) is 1. The van der Waals surface area contributed by atoms with E-state index in [1.807, 2.05) is 0 Å². The molecule has 2 aromatic rings. The van der Waals surface area contributed by atoms with Crippen molar-refractivity contribution in [3.05, 3.63) is 58.0 Å². The van der Waals surface area contributed by atoms with Gasteiger partial charge in [0, 0.05) is 10.7 Å². The maximum atomic E-state index is 12.0. The first kappa shape index (κ1) is 18.0. The third-order valence-electron chi connectivity index (χ3n) is 2.98. The maximum absolute atomic E-state index is 12.0. The number of hydrogen-bond acceptors (Lipinski definition) is 4. The minimum Gasteiger partial charge on any atom is -0.467 e. The van der Waals surface area contributed by atoms with E-state index in [0.717, 1.165) is 0 Å². The van der Waals surface area contributed by atoms with Gasteiger partial charge >= 0.3 is 0 Å². The van der Waals surface area contributed by atoms with Crippen LogP contribution in [-0.4, -0.2) is 17.5 Å². The molecule has 0 unspecified atom stereocenters. The van der Waals surface area contributed by atoms with Crippen LogP contribution in [0.25, 0.3) is 0 Å². The van der Waals surface area contributed by atoms with Gasteiger partial charge in [-0.15, -0.1) is 0 Å². The molecule has 1 heterocycles. The highest BCUT2D eigenvalue weighted by atomic mass is 35.5. The van der Waals surface area contributed by atoms with Crippen LogP contribution in [0.3, 0.4) is 0 Å². The summed E-state index contributed by atoms with van der Waals surface area (Å²) in [5.41, 5.74) is 3.06. The lowest BCUT2D eigenvalue weighted by Gasteiger charge is -2.05. The van der Waals surface area contributed by atoms with E-state index >= 15 is 0 Å². The van der Waals surface area contributed by atoms with E-state index < -0.39 is 5.91 Å². The fourth-order valence-electron chi connectivity index (χ4n) is 1.81. The number of nitrogens with one attached hydrogen (secondary N) is 2. The van der Waals surface area contributed by atoms with Crippen LogP contribution < -0.4 is 10.7 Å².